The molecule has 2 rings (SSSR count). The number of hydrogen-bond donors (Lipinski definition) is 1. The minimum absolute atomic E-state index is 0.669. The van der Waals surface area contributed by atoms with Crippen LogP contribution in [0.2, 0.25) is 5.02 Å². The average molecular weight is 252 g/mol. The van der Waals surface area contributed by atoms with Gasteiger partial charge in [-0.15, -0.1) is 0 Å². The van der Waals surface area contributed by atoms with Crippen molar-refractivity contribution in [2.75, 3.05) is 6.54 Å². The Kier molecular flexibility index (Phi) is 4.11. The minimum atomic E-state index is 0.669. The average Bonchev–Trinajstić information content (AvgIpc) is 2.32. The van der Waals surface area contributed by atoms with Gasteiger partial charge in [-0.25, -0.2) is 0 Å². The monoisotopic (exact) mass is 251 g/mol. The Balaban J connectivity index is 2.17. The highest BCUT2D eigenvalue weighted by atomic mass is 35.5. The molecule has 1 aromatic rings. The molecule has 1 aliphatic carbocycles. The van der Waals surface area contributed by atoms with Crippen LogP contribution < -0.4 is 5.32 Å². The van der Waals surface area contributed by atoms with Crippen molar-refractivity contribution in [1.82, 2.24) is 5.32 Å². The Morgan fingerprint density at radius 3 is 2.65 bits per heavy atom. The van der Waals surface area contributed by atoms with Crippen LogP contribution in [0.1, 0.15) is 38.7 Å². The van der Waals surface area contributed by atoms with Crippen LogP contribution in [0.5, 0.6) is 0 Å². The van der Waals surface area contributed by atoms with Gasteiger partial charge < -0.3 is 5.32 Å². The lowest BCUT2D eigenvalue weighted by Crippen LogP contribution is -2.55. The van der Waals surface area contributed by atoms with Crippen LogP contribution in [0.4, 0.5) is 0 Å². The van der Waals surface area contributed by atoms with Crippen molar-refractivity contribution in [1.29, 1.82) is 0 Å². The fourth-order valence-corrected chi connectivity index (χ4v) is 3.63. The number of benzene rings is 1. The van der Waals surface area contributed by atoms with E-state index in [1.54, 1.807) is 0 Å². The molecule has 4 atom stereocenters. The van der Waals surface area contributed by atoms with Crippen molar-refractivity contribution in [3.05, 3.63) is 34.9 Å². The van der Waals surface area contributed by atoms with Crippen molar-refractivity contribution in [2.45, 2.75) is 39.2 Å². The van der Waals surface area contributed by atoms with Gasteiger partial charge >= 0.3 is 0 Å². The molecule has 0 saturated heterocycles. The van der Waals surface area contributed by atoms with E-state index in [0.717, 1.165) is 17.5 Å². The molecule has 94 valence electrons. The highest BCUT2D eigenvalue weighted by Gasteiger charge is 2.46. The van der Waals surface area contributed by atoms with E-state index in [1.807, 2.05) is 6.07 Å². The van der Waals surface area contributed by atoms with Crippen molar-refractivity contribution in [3.63, 3.8) is 0 Å². The number of nitrogens with one attached hydrogen (secondary N) is 1. The largest absolute Gasteiger partial charge is 0.314 e. The van der Waals surface area contributed by atoms with E-state index in [9.17, 15) is 0 Å². The van der Waals surface area contributed by atoms with E-state index in [2.05, 4.69) is 44.3 Å². The molecule has 4 unspecified atom stereocenters. The minimum Gasteiger partial charge on any atom is -0.314 e. The molecule has 1 fully saturated rings. The fourth-order valence-electron chi connectivity index (χ4n) is 3.43. The topological polar surface area (TPSA) is 12.0 Å². The summed E-state index contributed by atoms with van der Waals surface area (Å²) in [4.78, 5) is 0. The van der Waals surface area contributed by atoms with Gasteiger partial charge in [0.2, 0.25) is 0 Å². The Morgan fingerprint density at radius 1 is 1.29 bits per heavy atom. The van der Waals surface area contributed by atoms with Crippen LogP contribution in [-0.4, -0.2) is 12.6 Å². The SMILES string of the molecule is CCNC1C(C)C(c2cccc(Cl)c2)C1CC. The molecule has 0 bridgehead atoms. The molecule has 1 N–H and O–H groups in total. The van der Waals surface area contributed by atoms with Crippen LogP contribution in [0.25, 0.3) is 0 Å². The highest BCUT2D eigenvalue weighted by Crippen LogP contribution is 2.49. The first-order valence-corrected chi connectivity index (χ1v) is 7.05. The molecule has 0 spiro atoms. The summed E-state index contributed by atoms with van der Waals surface area (Å²) >= 11 is 6.09. The molecule has 0 aliphatic heterocycles. The highest BCUT2D eigenvalue weighted by molar-refractivity contribution is 6.30. The quantitative estimate of drug-likeness (QED) is 0.850. The predicted molar refractivity (Wildman–Crippen MR) is 74.6 cm³/mol. The van der Waals surface area contributed by atoms with Gasteiger partial charge in [0.25, 0.3) is 0 Å². The zero-order chi connectivity index (χ0) is 12.4. The first kappa shape index (κ1) is 12.9. The maximum Gasteiger partial charge on any atom is 0.0408 e. The lowest BCUT2D eigenvalue weighted by Gasteiger charge is -2.51. The van der Waals surface area contributed by atoms with E-state index in [4.69, 9.17) is 11.6 Å². The second-order valence-corrected chi connectivity index (χ2v) is 5.53. The first-order chi connectivity index (χ1) is 8.19. The maximum atomic E-state index is 6.09. The Labute approximate surface area is 110 Å². The van der Waals surface area contributed by atoms with Gasteiger partial charge in [-0.2, -0.15) is 0 Å². The molecule has 1 saturated carbocycles. The standard InChI is InChI=1S/C15H22ClN/c1-4-13-14(10(3)15(13)17-5-2)11-7-6-8-12(16)9-11/h6-10,13-15,17H,4-5H2,1-3H3. The Morgan fingerprint density at radius 2 is 2.06 bits per heavy atom. The van der Waals surface area contributed by atoms with Gasteiger partial charge in [0.1, 0.15) is 0 Å². The molecule has 2 heteroatoms. The molecular weight excluding hydrogens is 230 g/mol. The summed E-state index contributed by atoms with van der Waals surface area (Å²) < 4.78 is 0. The van der Waals surface area contributed by atoms with Crippen molar-refractivity contribution in [2.24, 2.45) is 11.8 Å². The molecule has 0 amide bonds. The molecular formula is C15H22ClN. The Bertz CT molecular complexity index is 377. The molecule has 1 nitrogen and oxygen atoms in total. The van der Waals surface area contributed by atoms with E-state index < -0.39 is 0 Å². The van der Waals surface area contributed by atoms with E-state index in [-0.39, 0.29) is 0 Å². The Hall–Kier alpha value is -0.530. The fraction of sp³-hybridized carbons (Fsp3) is 0.600. The zero-order valence-electron chi connectivity index (χ0n) is 10.9. The summed E-state index contributed by atoms with van der Waals surface area (Å²) in [6.07, 6.45) is 1.24. The number of hydrogen-bond acceptors (Lipinski definition) is 1. The zero-order valence-corrected chi connectivity index (χ0v) is 11.7. The predicted octanol–water partition coefficient (Wildman–Crippen LogP) is 4.08. The van der Waals surface area contributed by atoms with Gasteiger partial charge in [-0.05, 0) is 42.0 Å². The van der Waals surface area contributed by atoms with Gasteiger partial charge in [0.05, 0.1) is 0 Å². The third kappa shape index (κ3) is 2.36. The lowest BCUT2D eigenvalue weighted by atomic mass is 9.58. The summed E-state index contributed by atoms with van der Waals surface area (Å²) in [6, 6.07) is 9.05. The summed E-state index contributed by atoms with van der Waals surface area (Å²) in [7, 11) is 0. The first-order valence-electron chi connectivity index (χ1n) is 6.67. The maximum absolute atomic E-state index is 6.09. The molecule has 0 aromatic heterocycles. The molecule has 1 aromatic carbocycles. The van der Waals surface area contributed by atoms with Crippen molar-refractivity contribution < 1.29 is 0 Å². The van der Waals surface area contributed by atoms with Gasteiger partial charge in [-0.1, -0.05) is 50.9 Å². The summed E-state index contributed by atoms with van der Waals surface area (Å²) in [5, 5.41) is 4.47. The molecule has 1 aliphatic rings. The van der Waals surface area contributed by atoms with Crippen LogP contribution in [0.3, 0.4) is 0 Å². The van der Waals surface area contributed by atoms with Gasteiger partial charge in [0, 0.05) is 11.1 Å². The summed E-state index contributed by atoms with van der Waals surface area (Å²) in [5.74, 6) is 2.13. The van der Waals surface area contributed by atoms with Gasteiger partial charge in [-0.3, -0.25) is 0 Å². The van der Waals surface area contributed by atoms with Crippen LogP contribution in [0.15, 0.2) is 24.3 Å². The van der Waals surface area contributed by atoms with Crippen LogP contribution in [0, 0.1) is 11.8 Å². The molecule has 0 radical (unpaired) electrons. The van der Waals surface area contributed by atoms with Crippen molar-refractivity contribution in [3.8, 4) is 0 Å². The second kappa shape index (κ2) is 5.41. The lowest BCUT2D eigenvalue weighted by molar-refractivity contribution is 0.0800. The second-order valence-electron chi connectivity index (χ2n) is 5.10. The van der Waals surface area contributed by atoms with Crippen LogP contribution >= 0.6 is 11.6 Å². The normalized spacial score (nSPS) is 32.2. The number of halogens is 1. The number of rotatable bonds is 4. The van der Waals surface area contributed by atoms with E-state index in [1.165, 1.54) is 12.0 Å². The molecule has 17 heavy (non-hydrogen) atoms. The van der Waals surface area contributed by atoms with E-state index in [0.29, 0.717) is 17.9 Å². The van der Waals surface area contributed by atoms with E-state index >= 15 is 0 Å². The smallest absolute Gasteiger partial charge is 0.0408 e. The van der Waals surface area contributed by atoms with Crippen molar-refractivity contribution >= 4 is 11.6 Å². The molecule has 0 heterocycles. The third-order valence-corrected chi connectivity index (χ3v) is 4.44. The van der Waals surface area contributed by atoms with Crippen LogP contribution in [-0.2, 0) is 0 Å². The van der Waals surface area contributed by atoms with Gasteiger partial charge in [0.15, 0.2) is 0 Å². The summed E-state index contributed by atoms with van der Waals surface area (Å²) in [5.41, 5.74) is 1.41. The summed E-state index contributed by atoms with van der Waals surface area (Å²) in [6.45, 7) is 7.89. The third-order valence-electron chi connectivity index (χ3n) is 4.20.